The lowest BCUT2D eigenvalue weighted by molar-refractivity contribution is -0.116. The van der Waals surface area contributed by atoms with Gasteiger partial charge in [-0.15, -0.1) is 0 Å². The summed E-state index contributed by atoms with van der Waals surface area (Å²) in [5.41, 5.74) is 2.85. The molecule has 160 valence electrons. The molecule has 2 amide bonds. The molecular formula is C24H31N3O3. The highest BCUT2D eigenvalue weighted by Gasteiger charge is 2.10. The maximum absolute atomic E-state index is 12.2. The van der Waals surface area contributed by atoms with Crippen LogP contribution in [0.15, 0.2) is 48.5 Å². The van der Waals surface area contributed by atoms with Crippen molar-refractivity contribution < 1.29 is 14.4 Å². The molecule has 6 nitrogen and oxygen atoms in total. The number of anilines is 1. The van der Waals surface area contributed by atoms with Gasteiger partial charge in [-0.25, -0.2) is 0 Å². The third-order valence-corrected chi connectivity index (χ3v) is 4.99. The lowest BCUT2D eigenvalue weighted by Gasteiger charge is -2.18. The Balaban J connectivity index is 1.77. The van der Waals surface area contributed by atoms with E-state index in [0.29, 0.717) is 23.4 Å². The van der Waals surface area contributed by atoms with E-state index in [0.717, 1.165) is 25.2 Å². The number of ketones is 1. The predicted molar refractivity (Wildman–Crippen MR) is 120 cm³/mol. The summed E-state index contributed by atoms with van der Waals surface area (Å²) in [6.45, 7) is 9.47. The largest absolute Gasteiger partial charge is 0.351 e. The second-order valence-electron chi connectivity index (χ2n) is 7.20. The Morgan fingerprint density at radius 1 is 0.833 bits per heavy atom. The molecule has 0 saturated heterocycles. The van der Waals surface area contributed by atoms with E-state index in [1.165, 1.54) is 0 Å². The molecule has 6 heteroatoms. The second-order valence-corrected chi connectivity index (χ2v) is 7.20. The van der Waals surface area contributed by atoms with Gasteiger partial charge in [-0.05, 0) is 44.3 Å². The van der Waals surface area contributed by atoms with Gasteiger partial charge in [0.05, 0.1) is 0 Å². The van der Waals surface area contributed by atoms with Gasteiger partial charge in [0.2, 0.25) is 5.91 Å². The third-order valence-electron chi connectivity index (χ3n) is 4.99. The Hall–Kier alpha value is -2.99. The smallest absolute Gasteiger partial charge is 0.251 e. The quantitative estimate of drug-likeness (QED) is 0.555. The summed E-state index contributed by atoms with van der Waals surface area (Å²) in [6, 6.07) is 14.1. The molecule has 0 fully saturated rings. The average Bonchev–Trinajstić information content (AvgIpc) is 2.76. The molecule has 0 aliphatic rings. The normalized spacial score (nSPS) is 10.7. The number of carbonyl (C=O) groups excluding carboxylic acids is 3. The van der Waals surface area contributed by atoms with Crippen LogP contribution in [0.3, 0.4) is 0 Å². The Morgan fingerprint density at radius 3 is 2.03 bits per heavy atom. The van der Waals surface area contributed by atoms with Crippen LogP contribution in [0.2, 0.25) is 0 Å². The molecule has 2 aromatic rings. The van der Waals surface area contributed by atoms with Gasteiger partial charge in [-0.2, -0.15) is 0 Å². The first kappa shape index (κ1) is 23.3. The monoisotopic (exact) mass is 409 g/mol. The van der Waals surface area contributed by atoms with Gasteiger partial charge in [0, 0.05) is 42.7 Å². The molecule has 2 rings (SSSR count). The van der Waals surface area contributed by atoms with Crippen LogP contribution in [-0.2, 0) is 4.79 Å². The lowest BCUT2D eigenvalue weighted by atomic mass is 10.0. The average molecular weight is 410 g/mol. The van der Waals surface area contributed by atoms with Gasteiger partial charge < -0.3 is 15.5 Å². The molecule has 0 saturated carbocycles. The topological polar surface area (TPSA) is 78.5 Å². The number of carbonyl (C=O) groups is 3. The van der Waals surface area contributed by atoms with Gasteiger partial charge in [0.25, 0.3) is 5.91 Å². The predicted octanol–water partition coefficient (Wildman–Crippen LogP) is 3.67. The molecule has 0 bridgehead atoms. The molecular weight excluding hydrogens is 378 g/mol. The molecule has 2 N–H and O–H groups in total. The summed E-state index contributed by atoms with van der Waals surface area (Å²) >= 11 is 0. The number of amides is 2. The number of likely N-dealkylation sites (N-methyl/N-ethyl adjacent to an activating group) is 1. The number of Topliss-reactive ketones (excluding diaryl/α,β-unsaturated/α-hetero) is 1. The SMILES string of the molecule is CCN(CC)CCNC(=O)c1ccc(NC(=O)CCC(=O)c2ccc(C)cc2)cc1. The summed E-state index contributed by atoms with van der Waals surface area (Å²) < 4.78 is 0. The number of nitrogens with zero attached hydrogens (tertiary/aromatic N) is 1. The van der Waals surface area contributed by atoms with Crippen molar-refractivity contribution in [2.75, 3.05) is 31.5 Å². The maximum atomic E-state index is 12.2. The van der Waals surface area contributed by atoms with Crippen molar-refractivity contribution in [2.24, 2.45) is 0 Å². The van der Waals surface area contributed by atoms with Crippen LogP contribution in [0.5, 0.6) is 0 Å². The van der Waals surface area contributed by atoms with Crippen LogP contribution in [0, 0.1) is 6.92 Å². The number of aryl methyl sites for hydroxylation is 1. The first-order valence-corrected chi connectivity index (χ1v) is 10.4. The van der Waals surface area contributed by atoms with Crippen molar-refractivity contribution in [1.82, 2.24) is 10.2 Å². The minimum absolute atomic E-state index is 0.0538. The van der Waals surface area contributed by atoms with Crippen LogP contribution in [0.4, 0.5) is 5.69 Å². The zero-order valence-electron chi connectivity index (χ0n) is 18.0. The third kappa shape index (κ3) is 7.44. The number of benzene rings is 2. The van der Waals surface area contributed by atoms with Crippen LogP contribution in [0.25, 0.3) is 0 Å². The van der Waals surface area contributed by atoms with Crippen molar-refractivity contribution in [1.29, 1.82) is 0 Å². The van der Waals surface area contributed by atoms with Gasteiger partial charge in [0.15, 0.2) is 5.78 Å². The molecule has 0 aliphatic carbocycles. The molecule has 30 heavy (non-hydrogen) atoms. The first-order valence-electron chi connectivity index (χ1n) is 10.4. The van der Waals surface area contributed by atoms with Crippen molar-refractivity contribution in [3.63, 3.8) is 0 Å². The van der Waals surface area contributed by atoms with E-state index in [2.05, 4.69) is 29.4 Å². The number of hydrogen-bond donors (Lipinski definition) is 2. The maximum Gasteiger partial charge on any atom is 0.251 e. The number of nitrogens with one attached hydrogen (secondary N) is 2. The van der Waals surface area contributed by atoms with Crippen LogP contribution in [0.1, 0.15) is 53.0 Å². The molecule has 0 aromatic heterocycles. The van der Waals surface area contributed by atoms with E-state index in [-0.39, 0.29) is 30.4 Å². The minimum Gasteiger partial charge on any atom is -0.351 e. The van der Waals surface area contributed by atoms with Crippen molar-refractivity contribution in [3.8, 4) is 0 Å². The second kappa shape index (κ2) is 11.9. The first-order chi connectivity index (χ1) is 14.4. The lowest BCUT2D eigenvalue weighted by Crippen LogP contribution is -2.34. The van der Waals surface area contributed by atoms with Gasteiger partial charge in [-0.1, -0.05) is 43.7 Å². The summed E-state index contributed by atoms with van der Waals surface area (Å²) in [5, 5.41) is 5.67. The van der Waals surface area contributed by atoms with Crippen molar-refractivity contribution >= 4 is 23.3 Å². The van der Waals surface area contributed by atoms with Crippen molar-refractivity contribution in [3.05, 3.63) is 65.2 Å². The molecule has 0 heterocycles. The Kier molecular flexibility index (Phi) is 9.22. The summed E-state index contributed by atoms with van der Waals surface area (Å²) in [4.78, 5) is 38.8. The Labute approximate surface area is 178 Å². The summed E-state index contributed by atoms with van der Waals surface area (Å²) in [6.07, 6.45) is 0.266. The van der Waals surface area contributed by atoms with Gasteiger partial charge in [0.1, 0.15) is 0 Å². The molecule has 2 aromatic carbocycles. The number of rotatable bonds is 11. The van der Waals surface area contributed by atoms with E-state index >= 15 is 0 Å². The molecule has 0 aliphatic heterocycles. The summed E-state index contributed by atoms with van der Waals surface area (Å²) in [5.74, 6) is -0.419. The Morgan fingerprint density at radius 2 is 1.43 bits per heavy atom. The molecule has 0 atom stereocenters. The standard InChI is InChI=1S/C24H31N3O3/c1-4-27(5-2)17-16-25-24(30)20-10-12-21(13-11-20)26-23(29)15-14-22(28)19-8-6-18(3)7-9-19/h6-13H,4-5,14-17H2,1-3H3,(H,25,30)(H,26,29). The van der Waals surface area contributed by atoms with Crippen molar-refractivity contribution in [2.45, 2.75) is 33.6 Å². The van der Waals surface area contributed by atoms with E-state index in [4.69, 9.17) is 0 Å². The zero-order chi connectivity index (χ0) is 21.9. The zero-order valence-corrected chi connectivity index (χ0v) is 18.0. The minimum atomic E-state index is -0.230. The van der Waals surface area contributed by atoms with E-state index in [1.807, 2.05) is 19.1 Å². The molecule has 0 unspecified atom stereocenters. The van der Waals surface area contributed by atoms with E-state index in [1.54, 1.807) is 36.4 Å². The summed E-state index contributed by atoms with van der Waals surface area (Å²) in [7, 11) is 0. The van der Waals surface area contributed by atoms with Gasteiger partial charge >= 0.3 is 0 Å². The molecule has 0 radical (unpaired) electrons. The fourth-order valence-electron chi connectivity index (χ4n) is 3.01. The van der Waals surface area contributed by atoms with E-state index in [9.17, 15) is 14.4 Å². The Bertz CT molecular complexity index is 841. The fourth-order valence-corrected chi connectivity index (χ4v) is 3.01. The fraction of sp³-hybridized carbons (Fsp3) is 0.375. The highest BCUT2D eigenvalue weighted by atomic mass is 16.2. The van der Waals surface area contributed by atoms with E-state index < -0.39 is 0 Å². The van der Waals surface area contributed by atoms with Crippen LogP contribution in [-0.4, -0.2) is 48.7 Å². The van der Waals surface area contributed by atoms with Crippen LogP contribution >= 0.6 is 0 Å². The highest BCUT2D eigenvalue weighted by molar-refractivity contribution is 6.00. The molecule has 0 spiro atoms. The van der Waals surface area contributed by atoms with Crippen LogP contribution < -0.4 is 10.6 Å². The van der Waals surface area contributed by atoms with Gasteiger partial charge in [-0.3, -0.25) is 14.4 Å². The highest BCUT2D eigenvalue weighted by Crippen LogP contribution is 2.12. The number of hydrogen-bond acceptors (Lipinski definition) is 4.